The van der Waals surface area contributed by atoms with Crippen LogP contribution >= 0.6 is 0 Å². The SMILES string of the molecule is CC=NOS(=O)C(F)(F)F. The average Bonchev–Trinajstić information content (AvgIpc) is 1.80. The Bertz CT molecular complexity index is 154. The predicted molar refractivity (Wildman–Crippen MR) is 29.4 cm³/mol. The highest BCUT2D eigenvalue weighted by molar-refractivity contribution is 7.81. The molecule has 0 aromatic heterocycles. The van der Waals surface area contributed by atoms with E-state index in [4.69, 9.17) is 0 Å². The van der Waals surface area contributed by atoms with Crippen LogP contribution in [0.4, 0.5) is 13.2 Å². The molecule has 0 aromatic rings. The summed E-state index contributed by atoms with van der Waals surface area (Å²) in [6, 6.07) is 0. The van der Waals surface area contributed by atoms with Crippen LogP contribution in [0.15, 0.2) is 5.16 Å². The lowest BCUT2D eigenvalue weighted by Gasteiger charge is -2.00. The van der Waals surface area contributed by atoms with Gasteiger partial charge in [0, 0.05) is 6.21 Å². The zero-order valence-corrected chi connectivity index (χ0v) is 5.70. The fourth-order valence-corrected chi connectivity index (χ4v) is 0.373. The molecule has 0 saturated heterocycles. The maximum absolute atomic E-state index is 11.3. The van der Waals surface area contributed by atoms with Gasteiger partial charge in [0.05, 0.1) is 0 Å². The summed E-state index contributed by atoms with van der Waals surface area (Å²) < 4.78 is 47.2. The molecule has 0 rings (SSSR count). The van der Waals surface area contributed by atoms with Crippen molar-refractivity contribution < 1.29 is 21.7 Å². The molecule has 1 atom stereocenters. The molecule has 0 N–H and O–H groups in total. The van der Waals surface area contributed by atoms with Gasteiger partial charge in [0.2, 0.25) is 0 Å². The van der Waals surface area contributed by atoms with Crippen LogP contribution in [0.2, 0.25) is 0 Å². The minimum Gasteiger partial charge on any atom is -0.283 e. The number of hydrogen-bond donors (Lipinski definition) is 0. The Morgan fingerprint density at radius 2 is 2.10 bits per heavy atom. The molecule has 10 heavy (non-hydrogen) atoms. The maximum Gasteiger partial charge on any atom is 0.510 e. The number of hydrogen-bond acceptors (Lipinski definition) is 3. The van der Waals surface area contributed by atoms with Crippen molar-refractivity contribution in [2.45, 2.75) is 12.4 Å². The van der Waals surface area contributed by atoms with Crippen LogP contribution in [0.1, 0.15) is 6.92 Å². The van der Waals surface area contributed by atoms with Gasteiger partial charge in [-0.25, -0.2) is 4.21 Å². The van der Waals surface area contributed by atoms with Crippen molar-refractivity contribution in [2.75, 3.05) is 0 Å². The Balaban J connectivity index is 3.86. The van der Waals surface area contributed by atoms with Crippen LogP contribution in [-0.2, 0) is 15.4 Å². The van der Waals surface area contributed by atoms with E-state index in [2.05, 4.69) is 9.44 Å². The van der Waals surface area contributed by atoms with Gasteiger partial charge in [0.25, 0.3) is 0 Å². The number of halogens is 3. The van der Waals surface area contributed by atoms with Crippen LogP contribution in [0, 0.1) is 0 Å². The molecule has 3 nitrogen and oxygen atoms in total. The lowest BCUT2D eigenvalue weighted by molar-refractivity contribution is -0.0471. The van der Waals surface area contributed by atoms with Crippen LogP contribution in [0.3, 0.4) is 0 Å². The Morgan fingerprint density at radius 3 is 2.40 bits per heavy atom. The molecular weight excluding hydrogens is 171 g/mol. The second kappa shape index (κ2) is 3.55. The van der Waals surface area contributed by atoms with E-state index >= 15 is 0 Å². The van der Waals surface area contributed by atoms with Gasteiger partial charge < -0.3 is 0 Å². The highest BCUT2D eigenvalue weighted by atomic mass is 32.2. The molecule has 7 heteroatoms. The van der Waals surface area contributed by atoms with E-state index in [-0.39, 0.29) is 0 Å². The molecule has 0 aliphatic rings. The molecule has 0 aromatic carbocycles. The van der Waals surface area contributed by atoms with E-state index in [1.54, 1.807) is 0 Å². The number of nitrogens with zero attached hydrogens (tertiary/aromatic N) is 1. The van der Waals surface area contributed by atoms with E-state index < -0.39 is 16.6 Å². The third-order valence-corrected chi connectivity index (χ3v) is 1.00. The zero-order valence-electron chi connectivity index (χ0n) is 4.88. The highest BCUT2D eigenvalue weighted by Gasteiger charge is 2.40. The largest absolute Gasteiger partial charge is 0.510 e. The van der Waals surface area contributed by atoms with Gasteiger partial charge in [-0.2, -0.15) is 13.2 Å². The number of oxime groups is 1. The Hall–Kier alpha value is -0.590. The van der Waals surface area contributed by atoms with Crippen LogP contribution in [0.5, 0.6) is 0 Å². The van der Waals surface area contributed by atoms with Crippen LogP contribution < -0.4 is 0 Å². The maximum atomic E-state index is 11.3. The average molecular weight is 175 g/mol. The Kier molecular flexibility index (Phi) is 3.34. The summed E-state index contributed by atoms with van der Waals surface area (Å²) in [5.41, 5.74) is -4.85. The van der Waals surface area contributed by atoms with E-state index in [1.165, 1.54) is 6.92 Å². The third kappa shape index (κ3) is 3.44. The molecule has 0 aliphatic heterocycles. The minimum atomic E-state index is -4.85. The van der Waals surface area contributed by atoms with Crippen molar-refractivity contribution in [3.05, 3.63) is 0 Å². The first-order valence-electron chi connectivity index (χ1n) is 2.12. The summed E-state index contributed by atoms with van der Waals surface area (Å²) in [6.45, 7) is 1.34. The summed E-state index contributed by atoms with van der Waals surface area (Å²) in [6.07, 6.45) is 0.962. The van der Waals surface area contributed by atoms with Gasteiger partial charge in [0.1, 0.15) is 0 Å². The smallest absolute Gasteiger partial charge is 0.283 e. The third-order valence-electron chi connectivity index (χ3n) is 0.405. The van der Waals surface area contributed by atoms with Crippen molar-refractivity contribution >= 4 is 17.3 Å². The van der Waals surface area contributed by atoms with E-state index in [0.29, 0.717) is 0 Å². The van der Waals surface area contributed by atoms with Gasteiger partial charge in [-0.3, -0.25) is 4.28 Å². The summed E-state index contributed by atoms with van der Waals surface area (Å²) in [5.74, 6) is 0. The molecule has 0 aliphatic carbocycles. The van der Waals surface area contributed by atoms with Crippen molar-refractivity contribution in [1.29, 1.82) is 0 Å². The van der Waals surface area contributed by atoms with Gasteiger partial charge in [-0.15, -0.1) is 0 Å². The minimum absolute atomic E-state index is 0.962. The topological polar surface area (TPSA) is 38.7 Å². The molecule has 1 unspecified atom stereocenters. The molecule has 0 amide bonds. The molecule has 60 valence electrons. The summed E-state index contributed by atoms with van der Waals surface area (Å²) in [5, 5.41) is 2.69. The van der Waals surface area contributed by atoms with Gasteiger partial charge in [0.15, 0.2) is 0 Å². The van der Waals surface area contributed by atoms with E-state index in [9.17, 15) is 17.4 Å². The van der Waals surface area contributed by atoms with Crippen LogP contribution in [0.25, 0.3) is 0 Å². The molecular formula is C3H4F3NO2S. The fourth-order valence-electron chi connectivity index (χ4n) is 0.124. The first kappa shape index (κ1) is 9.41. The highest BCUT2D eigenvalue weighted by Crippen LogP contribution is 2.20. The number of alkyl halides is 3. The van der Waals surface area contributed by atoms with Gasteiger partial charge >= 0.3 is 16.6 Å². The van der Waals surface area contributed by atoms with E-state index in [1.807, 2.05) is 0 Å². The molecule has 0 saturated carbocycles. The first-order chi connectivity index (χ1) is 4.48. The lowest BCUT2D eigenvalue weighted by atomic mass is 10.9. The zero-order chi connectivity index (χ0) is 8.20. The second-order valence-electron chi connectivity index (χ2n) is 1.12. The summed E-state index contributed by atoms with van der Waals surface area (Å²) in [4.78, 5) is 0. The molecule has 0 fully saturated rings. The van der Waals surface area contributed by atoms with E-state index in [0.717, 1.165) is 6.21 Å². The van der Waals surface area contributed by atoms with Crippen molar-refractivity contribution in [2.24, 2.45) is 5.16 Å². The molecule has 0 radical (unpaired) electrons. The standard InChI is InChI=1S/C3H4F3NO2S/c1-2-7-9-10(8)3(4,5)6/h2H,1H3. The quantitative estimate of drug-likeness (QED) is 0.467. The molecule has 0 bridgehead atoms. The normalized spacial score (nSPS) is 15.6. The second-order valence-corrected chi connectivity index (χ2v) is 2.20. The predicted octanol–water partition coefficient (Wildman–Crippen LogP) is 1.19. The molecule has 0 spiro atoms. The number of rotatable bonds is 2. The monoisotopic (exact) mass is 175 g/mol. The fraction of sp³-hybridized carbons (Fsp3) is 0.667. The van der Waals surface area contributed by atoms with Crippen molar-refractivity contribution in [1.82, 2.24) is 0 Å². The first-order valence-corrected chi connectivity index (χ1v) is 3.20. The molecule has 0 heterocycles. The van der Waals surface area contributed by atoms with Crippen LogP contribution in [-0.4, -0.2) is 15.9 Å². The lowest BCUT2D eigenvalue weighted by Crippen LogP contribution is -2.16. The summed E-state index contributed by atoms with van der Waals surface area (Å²) >= 11 is -3.34. The van der Waals surface area contributed by atoms with Gasteiger partial charge in [-0.1, -0.05) is 5.16 Å². The van der Waals surface area contributed by atoms with Crippen molar-refractivity contribution in [3.8, 4) is 0 Å². The van der Waals surface area contributed by atoms with Crippen molar-refractivity contribution in [3.63, 3.8) is 0 Å². The summed E-state index contributed by atoms with van der Waals surface area (Å²) in [7, 11) is 0. The Labute approximate surface area is 57.5 Å². The van der Waals surface area contributed by atoms with Gasteiger partial charge in [-0.05, 0) is 6.92 Å². The Morgan fingerprint density at radius 1 is 1.60 bits per heavy atom.